The predicted octanol–water partition coefficient (Wildman–Crippen LogP) is -6.07. The maximum Gasteiger partial charge on any atom is 1.00 e. The Morgan fingerprint density at radius 2 is 2.13 bits per heavy atom. The average molecular weight is 364 g/mol. The van der Waals surface area contributed by atoms with Crippen LogP contribution in [0.3, 0.4) is 0 Å². The number of aliphatic hydroxyl groups is 2. The molecule has 1 unspecified atom stereocenters. The molecule has 0 aromatic carbocycles. The van der Waals surface area contributed by atoms with Crippen molar-refractivity contribution in [2.24, 2.45) is 0 Å². The van der Waals surface area contributed by atoms with Gasteiger partial charge in [-0.3, -0.25) is 18.9 Å². The minimum absolute atomic E-state index is 0. The third-order valence-corrected chi connectivity index (χ3v) is 3.38. The number of halogens is 1. The van der Waals surface area contributed by atoms with Gasteiger partial charge in [0.2, 0.25) is 0 Å². The Hall–Kier alpha value is -0.400. The van der Waals surface area contributed by atoms with Crippen LogP contribution < -0.4 is 45.7 Å². The van der Waals surface area contributed by atoms with Crippen LogP contribution in [-0.4, -0.2) is 49.3 Å². The summed E-state index contributed by atoms with van der Waals surface area (Å²) in [5.74, 6) is -3.21. The van der Waals surface area contributed by atoms with E-state index in [4.69, 9.17) is 4.89 Å². The minimum Gasteiger partial charge on any atom is -0.756 e. The van der Waals surface area contributed by atoms with Gasteiger partial charge in [-0.15, -0.1) is 0 Å². The summed E-state index contributed by atoms with van der Waals surface area (Å²) in [7, 11) is -5.29. The predicted molar refractivity (Wildman–Crippen MR) is 63.1 cm³/mol. The van der Waals surface area contributed by atoms with Crippen LogP contribution in [0.1, 0.15) is 6.23 Å². The second-order valence-electron chi connectivity index (χ2n) is 4.49. The van der Waals surface area contributed by atoms with Crippen molar-refractivity contribution in [3.05, 3.63) is 33.1 Å². The maximum atomic E-state index is 14.3. The molecule has 14 heteroatoms. The average Bonchev–Trinajstić information content (AvgIpc) is 2.61. The number of ether oxygens (including phenoxy) is 1. The van der Waals surface area contributed by atoms with Crippen molar-refractivity contribution in [2.45, 2.75) is 24.3 Å². The van der Waals surface area contributed by atoms with Crippen LogP contribution in [-0.2, 0) is 13.8 Å². The number of phosphoric ester groups is 1. The molecule has 23 heavy (non-hydrogen) atoms. The van der Waals surface area contributed by atoms with E-state index in [2.05, 4.69) is 9.26 Å². The third kappa shape index (κ3) is 4.57. The molecule has 0 aliphatic carbocycles. The van der Waals surface area contributed by atoms with E-state index in [1.54, 1.807) is 0 Å². The molecule has 4 N–H and O–H groups in total. The largest absolute Gasteiger partial charge is 1.00 e. The number of aromatic amines is 1. The monoisotopic (exact) mass is 364 g/mol. The number of hydrogen-bond donors (Lipinski definition) is 4. The molecule has 1 aliphatic rings. The molecule has 11 nitrogen and oxygen atoms in total. The van der Waals surface area contributed by atoms with Crippen LogP contribution in [0.15, 0.2) is 21.9 Å². The Kier molecular flexibility index (Phi) is 6.49. The van der Waals surface area contributed by atoms with Crippen LogP contribution >= 0.6 is 7.82 Å². The second-order valence-corrected chi connectivity index (χ2v) is 5.68. The van der Waals surface area contributed by atoms with E-state index in [1.807, 2.05) is 4.98 Å². The zero-order valence-electron chi connectivity index (χ0n) is 11.7. The maximum absolute atomic E-state index is 14.3. The minimum atomic E-state index is -5.29. The molecule has 0 bridgehead atoms. The first-order valence-corrected chi connectivity index (χ1v) is 7.26. The molecule has 0 spiro atoms. The number of alkyl halides is 1. The molecule has 0 amide bonds. The SMILES string of the molecule is O=c1ccn([C@@H]2O[C@](F)(COP(=O)([O-])O)[C@@H](O)[C@H]2O)c(=O)[nH]1.[Na+]. The van der Waals surface area contributed by atoms with Gasteiger partial charge in [-0.05, 0) is 0 Å². The number of hydrogen-bond acceptors (Lipinski definition) is 8. The van der Waals surface area contributed by atoms with Crippen LogP contribution in [0.5, 0.6) is 0 Å². The van der Waals surface area contributed by atoms with Crippen LogP contribution in [0.25, 0.3) is 0 Å². The van der Waals surface area contributed by atoms with E-state index in [0.29, 0.717) is 4.57 Å². The summed E-state index contributed by atoms with van der Waals surface area (Å²) in [6.45, 7) is -1.45. The first-order chi connectivity index (χ1) is 10.0. The van der Waals surface area contributed by atoms with Gasteiger partial charge in [-0.1, -0.05) is 0 Å². The van der Waals surface area contributed by atoms with Gasteiger partial charge in [0.1, 0.15) is 18.8 Å². The van der Waals surface area contributed by atoms with Crippen LogP contribution in [0.2, 0.25) is 0 Å². The molecule has 5 atom stereocenters. The van der Waals surface area contributed by atoms with Gasteiger partial charge >= 0.3 is 35.2 Å². The van der Waals surface area contributed by atoms with Gasteiger partial charge in [0.05, 0.1) is 0 Å². The van der Waals surface area contributed by atoms with E-state index in [9.17, 15) is 33.7 Å². The Labute approximate surface area is 149 Å². The second kappa shape index (κ2) is 7.23. The molecule has 2 rings (SSSR count). The normalized spacial score (nSPS) is 33.0. The number of nitrogens with zero attached hydrogens (tertiary/aromatic N) is 1. The van der Waals surface area contributed by atoms with Crippen LogP contribution in [0.4, 0.5) is 4.39 Å². The van der Waals surface area contributed by atoms with Crippen molar-refractivity contribution in [3.8, 4) is 0 Å². The summed E-state index contributed by atoms with van der Waals surface area (Å²) < 4.78 is 33.8. The van der Waals surface area contributed by atoms with Crippen molar-refractivity contribution in [1.82, 2.24) is 9.55 Å². The molecule has 0 saturated carbocycles. The Balaban J connectivity index is 0.00000264. The quantitative estimate of drug-likeness (QED) is 0.299. The molecular weight excluding hydrogens is 353 g/mol. The molecular formula is C9H11FN2NaO9P. The van der Waals surface area contributed by atoms with Gasteiger partial charge in [0.15, 0.2) is 6.23 Å². The summed E-state index contributed by atoms with van der Waals surface area (Å²) in [6.07, 6.45) is -5.11. The number of rotatable bonds is 4. The Morgan fingerprint density at radius 1 is 1.52 bits per heavy atom. The summed E-state index contributed by atoms with van der Waals surface area (Å²) in [6, 6.07) is 0.887. The topological polar surface area (TPSA) is 174 Å². The van der Waals surface area contributed by atoms with Crippen LogP contribution in [0, 0.1) is 0 Å². The van der Waals surface area contributed by atoms with Gasteiger partial charge in [0, 0.05) is 12.3 Å². The van der Waals surface area contributed by atoms with Crippen molar-refractivity contribution in [1.29, 1.82) is 0 Å². The van der Waals surface area contributed by atoms with E-state index in [0.717, 1.165) is 12.3 Å². The third-order valence-electron chi connectivity index (χ3n) is 2.92. The summed E-state index contributed by atoms with van der Waals surface area (Å²) in [4.78, 5) is 43.2. The first kappa shape index (κ1) is 20.6. The van der Waals surface area contributed by atoms with Gasteiger partial charge < -0.3 is 29.3 Å². The zero-order valence-corrected chi connectivity index (χ0v) is 14.6. The zero-order chi connectivity index (χ0) is 16.7. The summed E-state index contributed by atoms with van der Waals surface area (Å²) in [5, 5.41) is 19.3. The molecule has 1 saturated heterocycles. The fraction of sp³-hybridized carbons (Fsp3) is 0.556. The van der Waals surface area contributed by atoms with Gasteiger partial charge in [0.25, 0.3) is 19.2 Å². The Bertz CT molecular complexity index is 719. The van der Waals surface area contributed by atoms with E-state index >= 15 is 0 Å². The first-order valence-electron chi connectivity index (χ1n) is 5.76. The standard InChI is InChI=1S/C9H12FN2O9P.Na/c10-9(3-20-22(17,18)19)6(15)5(14)7(21-9)12-2-1-4(13)11-8(12)16;/h1-2,5-7,14-15H,3H2,(H,11,13,16)(H2,17,18,19);/q;+1/p-1/t5-,6+,7-,9-;/m1./s1. The smallest absolute Gasteiger partial charge is 0.756 e. The molecule has 2 heterocycles. The van der Waals surface area contributed by atoms with Gasteiger partial charge in [-0.25, -0.2) is 9.18 Å². The summed E-state index contributed by atoms with van der Waals surface area (Å²) in [5.41, 5.74) is -1.80. The van der Waals surface area contributed by atoms with Crippen molar-refractivity contribution < 1.29 is 67.8 Å². The molecule has 1 aliphatic heterocycles. The molecule has 1 fully saturated rings. The van der Waals surface area contributed by atoms with Crippen molar-refractivity contribution in [3.63, 3.8) is 0 Å². The number of H-pyrrole nitrogens is 1. The number of phosphoric acid groups is 1. The van der Waals surface area contributed by atoms with E-state index in [-0.39, 0.29) is 29.6 Å². The Morgan fingerprint density at radius 3 is 2.65 bits per heavy atom. The molecule has 1 aromatic heterocycles. The number of nitrogens with one attached hydrogen (secondary N) is 1. The van der Waals surface area contributed by atoms with Gasteiger partial charge in [-0.2, -0.15) is 0 Å². The molecule has 1 aromatic rings. The van der Waals surface area contributed by atoms with E-state index < -0.39 is 50.0 Å². The molecule has 124 valence electrons. The van der Waals surface area contributed by atoms with Crippen molar-refractivity contribution >= 4 is 7.82 Å². The van der Waals surface area contributed by atoms with Crippen molar-refractivity contribution in [2.75, 3.05) is 6.61 Å². The number of aromatic nitrogens is 2. The summed E-state index contributed by atoms with van der Waals surface area (Å²) >= 11 is 0. The fourth-order valence-corrected chi connectivity index (χ4v) is 2.23. The molecule has 0 radical (unpaired) electrons. The van der Waals surface area contributed by atoms with E-state index in [1.165, 1.54) is 0 Å². The number of aliphatic hydroxyl groups excluding tert-OH is 2. The fourth-order valence-electron chi connectivity index (χ4n) is 1.89.